The number of hydrogen-bond acceptors (Lipinski definition) is 3. The van der Waals surface area contributed by atoms with Gasteiger partial charge in [0.25, 0.3) is 0 Å². The maximum absolute atomic E-state index is 13.5. The van der Waals surface area contributed by atoms with E-state index in [0.29, 0.717) is 22.5 Å². The second-order valence-corrected chi connectivity index (χ2v) is 6.64. The summed E-state index contributed by atoms with van der Waals surface area (Å²) in [5.41, 5.74) is 6.37. The first-order chi connectivity index (χ1) is 9.58. The minimum Gasteiger partial charge on any atom is -0.489 e. The van der Waals surface area contributed by atoms with Gasteiger partial charge in [0, 0.05) is 6.07 Å². The molecule has 1 aliphatic heterocycles. The van der Waals surface area contributed by atoms with E-state index in [1.807, 2.05) is 0 Å². The maximum Gasteiger partial charge on any atom is 0.145 e. The van der Waals surface area contributed by atoms with Crippen molar-refractivity contribution in [1.82, 2.24) is 0 Å². The van der Waals surface area contributed by atoms with Crippen molar-refractivity contribution in [3.8, 4) is 5.75 Å². The molecule has 5 heteroatoms. The van der Waals surface area contributed by atoms with Gasteiger partial charge in [-0.25, -0.2) is 4.39 Å². The van der Waals surface area contributed by atoms with Crippen LogP contribution in [0.15, 0.2) is 16.6 Å². The number of nitrogen functional groups attached to an aromatic ring is 1. The third-order valence-corrected chi connectivity index (χ3v) is 4.94. The topological polar surface area (TPSA) is 44.5 Å². The SMILES string of the molecule is Nc1cc(Br)c(F)cc1OCC1CCC2(CCCC2)O1. The fraction of sp³-hybridized carbons (Fsp3) is 0.600. The highest BCUT2D eigenvalue weighted by Crippen LogP contribution is 2.43. The molecular formula is C15H19BrFNO2. The monoisotopic (exact) mass is 343 g/mol. The minimum atomic E-state index is -0.367. The standard InChI is InChI=1S/C15H19BrFNO2/c16-11-7-13(18)14(8-12(11)17)19-9-10-3-6-15(20-10)4-1-2-5-15/h7-8,10H,1-6,9,18H2. The first-order valence-corrected chi connectivity index (χ1v) is 7.92. The van der Waals surface area contributed by atoms with Gasteiger partial charge in [0.1, 0.15) is 18.2 Å². The Morgan fingerprint density at radius 2 is 2.10 bits per heavy atom. The quantitative estimate of drug-likeness (QED) is 0.842. The fourth-order valence-electron chi connectivity index (χ4n) is 3.25. The Kier molecular flexibility index (Phi) is 3.91. The van der Waals surface area contributed by atoms with E-state index in [9.17, 15) is 4.39 Å². The van der Waals surface area contributed by atoms with Gasteiger partial charge >= 0.3 is 0 Å². The minimum absolute atomic E-state index is 0.0965. The molecule has 1 saturated carbocycles. The number of anilines is 1. The van der Waals surface area contributed by atoms with Crippen LogP contribution in [0.1, 0.15) is 38.5 Å². The van der Waals surface area contributed by atoms with E-state index >= 15 is 0 Å². The Balaban J connectivity index is 1.59. The Labute approximate surface area is 126 Å². The van der Waals surface area contributed by atoms with E-state index in [-0.39, 0.29) is 17.5 Å². The predicted molar refractivity (Wildman–Crippen MR) is 79.3 cm³/mol. The summed E-state index contributed by atoms with van der Waals surface area (Å²) in [5.74, 6) is 0.0236. The summed E-state index contributed by atoms with van der Waals surface area (Å²) in [7, 11) is 0. The second kappa shape index (κ2) is 5.53. The summed E-state index contributed by atoms with van der Waals surface area (Å²) in [6.45, 7) is 0.438. The first kappa shape index (κ1) is 14.1. The van der Waals surface area contributed by atoms with Crippen LogP contribution in [-0.2, 0) is 4.74 Å². The number of rotatable bonds is 3. The largest absolute Gasteiger partial charge is 0.489 e. The molecule has 1 aliphatic carbocycles. The van der Waals surface area contributed by atoms with Gasteiger partial charge in [-0.3, -0.25) is 0 Å². The fourth-order valence-corrected chi connectivity index (χ4v) is 3.61. The Morgan fingerprint density at radius 1 is 1.35 bits per heavy atom. The highest BCUT2D eigenvalue weighted by Gasteiger charge is 2.42. The zero-order valence-corrected chi connectivity index (χ0v) is 12.9. The smallest absolute Gasteiger partial charge is 0.145 e. The van der Waals surface area contributed by atoms with Crippen LogP contribution in [0.3, 0.4) is 0 Å². The van der Waals surface area contributed by atoms with Crippen molar-refractivity contribution in [1.29, 1.82) is 0 Å². The molecule has 1 spiro atoms. The zero-order valence-electron chi connectivity index (χ0n) is 11.3. The van der Waals surface area contributed by atoms with E-state index in [2.05, 4.69) is 15.9 Å². The van der Waals surface area contributed by atoms with Gasteiger partial charge in [0.2, 0.25) is 0 Å². The number of benzene rings is 1. The summed E-state index contributed by atoms with van der Waals surface area (Å²) in [5, 5.41) is 0. The van der Waals surface area contributed by atoms with Crippen LogP contribution in [-0.4, -0.2) is 18.3 Å². The number of nitrogens with two attached hydrogens (primary N) is 1. The average Bonchev–Trinajstić information content (AvgIpc) is 3.03. The van der Waals surface area contributed by atoms with Gasteiger partial charge in [0.05, 0.1) is 21.9 Å². The maximum atomic E-state index is 13.5. The van der Waals surface area contributed by atoms with Crippen LogP contribution in [0.4, 0.5) is 10.1 Å². The summed E-state index contributed by atoms with van der Waals surface area (Å²) in [6.07, 6.45) is 7.08. The Morgan fingerprint density at radius 3 is 2.85 bits per heavy atom. The second-order valence-electron chi connectivity index (χ2n) is 5.78. The first-order valence-electron chi connectivity index (χ1n) is 7.13. The highest BCUT2D eigenvalue weighted by atomic mass is 79.9. The summed E-state index contributed by atoms with van der Waals surface area (Å²) < 4.78 is 25.6. The molecule has 2 N–H and O–H groups in total. The lowest BCUT2D eigenvalue weighted by Gasteiger charge is -2.24. The van der Waals surface area contributed by atoms with Crippen molar-refractivity contribution in [2.45, 2.75) is 50.2 Å². The molecule has 0 radical (unpaired) electrons. The summed E-state index contributed by atoms with van der Waals surface area (Å²) >= 11 is 3.10. The molecule has 2 aliphatic rings. The molecule has 2 fully saturated rings. The van der Waals surface area contributed by atoms with Crippen LogP contribution >= 0.6 is 15.9 Å². The molecule has 0 bridgehead atoms. The van der Waals surface area contributed by atoms with E-state index in [1.54, 1.807) is 0 Å². The summed E-state index contributed by atoms with van der Waals surface area (Å²) in [6, 6.07) is 2.85. The number of hydrogen-bond donors (Lipinski definition) is 1. The molecule has 0 amide bonds. The molecule has 0 aromatic heterocycles. The molecule has 1 atom stereocenters. The molecule has 1 unspecified atom stereocenters. The Hall–Kier alpha value is -0.810. The van der Waals surface area contributed by atoms with Gasteiger partial charge in [-0.15, -0.1) is 0 Å². The van der Waals surface area contributed by atoms with Crippen molar-refractivity contribution >= 4 is 21.6 Å². The molecule has 1 aromatic carbocycles. The highest BCUT2D eigenvalue weighted by molar-refractivity contribution is 9.10. The van der Waals surface area contributed by atoms with E-state index < -0.39 is 0 Å². The van der Waals surface area contributed by atoms with Crippen molar-refractivity contribution in [3.63, 3.8) is 0 Å². The van der Waals surface area contributed by atoms with Crippen molar-refractivity contribution in [2.24, 2.45) is 0 Å². The Bertz CT molecular complexity index is 503. The van der Waals surface area contributed by atoms with Crippen LogP contribution < -0.4 is 10.5 Å². The third kappa shape index (κ3) is 2.79. The van der Waals surface area contributed by atoms with Gasteiger partial charge in [-0.1, -0.05) is 12.8 Å². The number of halogens is 2. The van der Waals surface area contributed by atoms with Crippen molar-refractivity contribution in [3.05, 3.63) is 22.4 Å². The molecule has 1 saturated heterocycles. The molecule has 20 heavy (non-hydrogen) atoms. The molecule has 110 valence electrons. The van der Waals surface area contributed by atoms with Gasteiger partial charge in [0.15, 0.2) is 0 Å². The predicted octanol–water partition coefficient (Wildman–Crippen LogP) is 4.04. The molecule has 3 nitrogen and oxygen atoms in total. The van der Waals surface area contributed by atoms with Gasteiger partial charge in [-0.05, 0) is 47.7 Å². The van der Waals surface area contributed by atoms with Crippen molar-refractivity contribution < 1.29 is 13.9 Å². The lowest BCUT2D eigenvalue weighted by atomic mass is 9.98. The lowest BCUT2D eigenvalue weighted by molar-refractivity contribution is -0.0508. The van der Waals surface area contributed by atoms with Crippen LogP contribution in [0, 0.1) is 5.82 Å². The normalized spacial score (nSPS) is 24.4. The third-order valence-electron chi connectivity index (χ3n) is 4.33. The molecular weight excluding hydrogens is 325 g/mol. The summed E-state index contributed by atoms with van der Waals surface area (Å²) in [4.78, 5) is 0. The molecule has 3 rings (SSSR count). The molecule has 1 heterocycles. The van der Waals surface area contributed by atoms with Crippen LogP contribution in [0.5, 0.6) is 5.75 Å². The van der Waals surface area contributed by atoms with Gasteiger partial charge in [-0.2, -0.15) is 0 Å². The van der Waals surface area contributed by atoms with Crippen LogP contribution in [0.25, 0.3) is 0 Å². The average molecular weight is 344 g/mol. The number of ether oxygens (including phenoxy) is 2. The van der Waals surface area contributed by atoms with Crippen molar-refractivity contribution in [2.75, 3.05) is 12.3 Å². The lowest BCUT2D eigenvalue weighted by Crippen LogP contribution is -2.27. The van der Waals surface area contributed by atoms with Gasteiger partial charge < -0.3 is 15.2 Å². The van der Waals surface area contributed by atoms with Crippen LogP contribution in [0.2, 0.25) is 0 Å². The van der Waals surface area contributed by atoms with E-state index in [0.717, 1.165) is 12.8 Å². The van der Waals surface area contributed by atoms with E-state index in [4.69, 9.17) is 15.2 Å². The molecule has 1 aromatic rings. The zero-order chi connectivity index (χ0) is 14.2. The van der Waals surface area contributed by atoms with E-state index in [1.165, 1.54) is 37.8 Å².